The Balaban J connectivity index is 0. The molecule has 0 bridgehead atoms. The molecule has 0 fully saturated rings. The van der Waals surface area contributed by atoms with Crippen molar-refractivity contribution >= 4 is 12.4 Å². The monoisotopic (exact) mass is 529 g/mol. The summed E-state index contributed by atoms with van der Waals surface area (Å²) in [7, 11) is 0. The Labute approximate surface area is 235 Å². The molecule has 0 aliphatic carbocycles. The number of halogens is 1. The van der Waals surface area contributed by atoms with Gasteiger partial charge in [-0.15, -0.1) is 12.4 Å². The van der Waals surface area contributed by atoms with Gasteiger partial charge in [0.1, 0.15) is 0 Å². The minimum Gasteiger partial charge on any atom is -0.396 e. The molecule has 0 saturated heterocycles. The second-order valence-corrected chi connectivity index (χ2v) is 11.3. The lowest BCUT2D eigenvalue weighted by Gasteiger charge is -2.04. The van der Waals surface area contributed by atoms with Crippen molar-refractivity contribution in [1.29, 1.82) is 0 Å². The molecule has 0 radical (unpaired) electrons. The zero-order valence-corrected chi connectivity index (χ0v) is 25.7. The third-order valence-electron chi connectivity index (χ3n) is 7.67. The first-order valence-corrected chi connectivity index (χ1v) is 16.7. The molecule has 0 aromatic carbocycles. The molecule has 0 aliphatic heterocycles. The number of aliphatic hydroxyl groups excluding tert-OH is 1. The van der Waals surface area contributed by atoms with Crippen molar-refractivity contribution < 1.29 is 5.11 Å². The van der Waals surface area contributed by atoms with E-state index in [2.05, 4.69) is 19.1 Å². The van der Waals surface area contributed by atoms with E-state index in [0.717, 1.165) is 6.42 Å². The molecule has 1 N–H and O–H groups in total. The van der Waals surface area contributed by atoms with Crippen molar-refractivity contribution in [2.24, 2.45) is 0 Å². The molecule has 0 spiro atoms. The quantitative estimate of drug-likeness (QED) is 0.0700. The lowest BCUT2D eigenvalue weighted by atomic mass is 10.0. The first-order valence-electron chi connectivity index (χ1n) is 16.7. The molecule has 36 heavy (non-hydrogen) atoms. The Morgan fingerprint density at radius 3 is 0.806 bits per heavy atom. The molecular weight excluding hydrogens is 460 g/mol. The van der Waals surface area contributed by atoms with Crippen LogP contribution >= 0.6 is 12.4 Å². The maximum atomic E-state index is 8.77. The molecule has 0 aromatic heterocycles. The van der Waals surface area contributed by atoms with Crippen molar-refractivity contribution in [3.05, 3.63) is 12.2 Å². The van der Waals surface area contributed by atoms with E-state index in [1.165, 1.54) is 186 Å². The Morgan fingerprint density at radius 2 is 0.556 bits per heavy atom. The van der Waals surface area contributed by atoms with Gasteiger partial charge < -0.3 is 5.11 Å². The van der Waals surface area contributed by atoms with Crippen LogP contribution in [0.1, 0.15) is 200 Å². The van der Waals surface area contributed by atoms with E-state index >= 15 is 0 Å². The van der Waals surface area contributed by atoms with E-state index in [-0.39, 0.29) is 12.4 Å². The zero-order chi connectivity index (χ0) is 25.3. The van der Waals surface area contributed by atoms with Crippen molar-refractivity contribution in [3.8, 4) is 0 Å². The molecule has 2 heteroatoms. The van der Waals surface area contributed by atoms with Crippen LogP contribution in [0.2, 0.25) is 0 Å². The van der Waals surface area contributed by atoms with Crippen LogP contribution in [-0.2, 0) is 0 Å². The summed E-state index contributed by atoms with van der Waals surface area (Å²) in [5.74, 6) is 0. The van der Waals surface area contributed by atoms with Crippen LogP contribution in [0.4, 0.5) is 0 Å². The number of unbranched alkanes of at least 4 members (excludes halogenated alkanes) is 28. The van der Waals surface area contributed by atoms with Crippen LogP contribution in [0.5, 0.6) is 0 Å². The fourth-order valence-corrected chi connectivity index (χ4v) is 5.19. The molecule has 0 aliphatic rings. The SMILES string of the molecule is CCCCCCCCCCCCCCCCCCCCCCCC/C=C\CCCCCCCCO.Cl. The highest BCUT2D eigenvalue weighted by Crippen LogP contribution is 2.15. The van der Waals surface area contributed by atoms with Crippen LogP contribution < -0.4 is 0 Å². The lowest BCUT2D eigenvalue weighted by molar-refractivity contribution is 0.282. The summed E-state index contributed by atoms with van der Waals surface area (Å²) < 4.78 is 0. The van der Waals surface area contributed by atoms with Gasteiger partial charge in [0.05, 0.1) is 0 Å². The lowest BCUT2D eigenvalue weighted by Crippen LogP contribution is -1.84. The molecule has 218 valence electrons. The highest BCUT2D eigenvalue weighted by molar-refractivity contribution is 5.85. The molecule has 0 amide bonds. The summed E-state index contributed by atoms with van der Waals surface area (Å²) in [5.41, 5.74) is 0. The van der Waals surface area contributed by atoms with Gasteiger partial charge in [-0.1, -0.05) is 180 Å². The molecule has 0 rings (SSSR count). The normalized spacial score (nSPS) is 11.4. The van der Waals surface area contributed by atoms with Gasteiger partial charge in [0.2, 0.25) is 0 Å². The Bertz CT molecular complexity index is 381. The predicted molar refractivity (Wildman–Crippen MR) is 168 cm³/mol. The maximum Gasteiger partial charge on any atom is 0.0431 e. The highest BCUT2D eigenvalue weighted by atomic mass is 35.5. The van der Waals surface area contributed by atoms with E-state index < -0.39 is 0 Å². The van der Waals surface area contributed by atoms with Crippen LogP contribution in [0.25, 0.3) is 0 Å². The molecule has 0 unspecified atom stereocenters. The van der Waals surface area contributed by atoms with Crippen LogP contribution in [0, 0.1) is 0 Å². The van der Waals surface area contributed by atoms with Gasteiger partial charge >= 0.3 is 0 Å². The van der Waals surface area contributed by atoms with Crippen molar-refractivity contribution in [2.45, 2.75) is 200 Å². The van der Waals surface area contributed by atoms with Gasteiger partial charge in [-0.05, 0) is 32.1 Å². The molecule has 1 nitrogen and oxygen atoms in total. The Hall–Kier alpha value is -0.0100. The van der Waals surface area contributed by atoms with Crippen molar-refractivity contribution in [1.82, 2.24) is 0 Å². The van der Waals surface area contributed by atoms with Crippen LogP contribution in [0.3, 0.4) is 0 Å². The standard InChI is InChI=1S/C34H68O.ClH/c1-2-3-4-5-6-7-8-9-10-11-12-13-14-15-16-17-18-19-20-21-22-23-24-25-26-27-28-29-30-31-32-33-34-35;/h25-26,35H,2-24,27-34H2,1H3;1H/b26-25-;. The summed E-state index contributed by atoms with van der Waals surface area (Å²) in [6, 6.07) is 0. The fraction of sp³-hybridized carbons (Fsp3) is 0.941. The summed E-state index contributed by atoms with van der Waals surface area (Å²) in [6.07, 6.45) is 47.1. The van der Waals surface area contributed by atoms with Gasteiger partial charge in [0.25, 0.3) is 0 Å². The van der Waals surface area contributed by atoms with Gasteiger partial charge in [0, 0.05) is 6.61 Å². The fourth-order valence-electron chi connectivity index (χ4n) is 5.19. The first-order chi connectivity index (χ1) is 17.4. The Kier molecular flexibility index (Phi) is 39.4. The molecule has 0 heterocycles. The van der Waals surface area contributed by atoms with E-state index in [1.54, 1.807) is 0 Å². The number of allylic oxidation sites excluding steroid dienone is 2. The van der Waals surface area contributed by atoms with Crippen molar-refractivity contribution in [2.75, 3.05) is 6.61 Å². The van der Waals surface area contributed by atoms with E-state index in [1.807, 2.05) is 0 Å². The van der Waals surface area contributed by atoms with E-state index in [4.69, 9.17) is 5.11 Å². The number of hydrogen-bond donors (Lipinski definition) is 1. The molecule has 0 saturated carbocycles. The molecular formula is C34H69ClO. The highest BCUT2D eigenvalue weighted by Gasteiger charge is 1.96. The zero-order valence-electron chi connectivity index (χ0n) is 24.9. The number of rotatable bonds is 31. The number of hydrogen-bond acceptors (Lipinski definition) is 1. The predicted octanol–water partition coefficient (Wildman–Crippen LogP) is 12.7. The molecule has 0 aromatic rings. The van der Waals surface area contributed by atoms with Gasteiger partial charge in [-0.2, -0.15) is 0 Å². The first kappa shape index (κ1) is 38.1. The average molecular weight is 529 g/mol. The topological polar surface area (TPSA) is 20.2 Å². The summed E-state index contributed by atoms with van der Waals surface area (Å²) in [5, 5.41) is 8.77. The third-order valence-corrected chi connectivity index (χ3v) is 7.67. The smallest absolute Gasteiger partial charge is 0.0431 e. The van der Waals surface area contributed by atoms with E-state index in [0.29, 0.717) is 6.61 Å². The van der Waals surface area contributed by atoms with Gasteiger partial charge in [-0.3, -0.25) is 0 Å². The summed E-state index contributed by atoms with van der Waals surface area (Å²) >= 11 is 0. The van der Waals surface area contributed by atoms with Crippen LogP contribution in [0.15, 0.2) is 12.2 Å². The van der Waals surface area contributed by atoms with Gasteiger partial charge in [-0.25, -0.2) is 0 Å². The minimum absolute atomic E-state index is 0. The average Bonchev–Trinajstić information content (AvgIpc) is 2.87. The van der Waals surface area contributed by atoms with Crippen LogP contribution in [-0.4, -0.2) is 11.7 Å². The van der Waals surface area contributed by atoms with Crippen molar-refractivity contribution in [3.63, 3.8) is 0 Å². The van der Waals surface area contributed by atoms with Gasteiger partial charge in [0.15, 0.2) is 0 Å². The maximum absolute atomic E-state index is 8.77. The number of aliphatic hydroxyl groups is 1. The largest absolute Gasteiger partial charge is 0.396 e. The summed E-state index contributed by atoms with van der Waals surface area (Å²) in [6.45, 7) is 2.67. The molecule has 0 atom stereocenters. The minimum atomic E-state index is 0. The second-order valence-electron chi connectivity index (χ2n) is 11.3. The Morgan fingerprint density at radius 1 is 0.333 bits per heavy atom. The third kappa shape index (κ3) is 36.1. The second kappa shape index (κ2) is 37.1. The van der Waals surface area contributed by atoms with E-state index in [9.17, 15) is 0 Å². The summed E-state index contributed by atoms with van der Waals surface area (Å²) in [4.78, 5) is 0.